The molecule has 0 aliphatic carbocycles. The molecule has 0 aliphatic heterocycles. The Hall–Kier alpha value is -2.70. The molecule has 0 unspecified atom stereocenters. The zero-order valence-electron chi connectivity index (χ0n) is 15.2. The van der Waals surface area contributed by atoms with E-state index in [2.05, 4.69) is 0 Å². The van der Waals surface area contributed by atoms with Crippen molar-refractivity contribution >= 4 is 17.5 Å². The molecule has 1 rings (SSSR count). The molecule has 0 atom stereocenters. The predicted octanol–water partition coefficient (Wildman–Crippen LogP) is 3.11. The third-order valence-corrected chi connectivity index (χ3v) is 3.82. The van der Waals surface area contributed by atoms with Gasteiger partial charge in [0.05, 0.1) is 14.2 Å². The van der Waals surface area contributed by atoms with Crippen LogP contribution in [-0.4, -0.2) is 41.5 Å². The zero-order valence-corrected chi connectivity index (χ0v) is 15.2. The van der Waals surface area contributed by atoms with Crippen LogP contribution in [0, 0.1) is 5.92 Å². The van der Waals surface area contributed by atoms with Crippen LogP contribution in [0.3, 0.4) is 0 Å². The first-order valence-corrected chi connectivity index (χ1v) is 7.77. The van der Waals surface area contributed by atoms with E-state index >= 15 is 0 Å². The number of phenolic OH excluding ortho intramolecular Hbond substituents is 1. The Labute approximate surface area is 146 Å². The van der Waals surface area contributed by atoms with Gasteiger partial charge in [0.2, 0.25) is 5.75 Å². The standard InChI is InChI=1S/C18H24O7/c1-8(2)12(14(17(20)21)18(22)23)10-7-11(24-5)15(19)16(25-6)13(10)9(3)4/h7-9,19H,1-6H3,(H,20,21)(H,22,23). The van der Waals surface area contributed by atoms with Crippen LogP contribution >= 0.6 is 0 Å². The first kappa shape index (κ1) is 20.3. The average Bonchev–Trinajstić information content (AvgIpc) is 2.50. The van der Waals surface area contributed by atoms with Crippen molar-refractivity contribution in [1.29, 1.82) is 0 Å². The molecule has 7 heteroatoms. The van der Waals surface area contributed by atoms with Gasteiger partial charge >= 0.3 is 11.9 Å². The van der Waals surface area contributed by atoms with Crippen LogP contribution in [0.15, 0.2) is 11.6 Å². The SMILES string of the molecule is COc1cc(C(=C(C(=O)O)C(=O)O)C(C)C)c(C(C)C)c(OC)c1O. The Morgan fingerprint density at radius 1 is 1.00 bits per heavy atom. The second-order valence-electron chi connectivity index (χ2n) is 6.13. The van der Waals surface area contributed by atoms with Crippen molar-refractivity contribution in [1.82, 2.24) is 0 Å². The van der Waals surface area contributed by atoms with Crippen LogP contribution in [-0.2, 0) is 9.59 Å². The second-order valence-corrected chi connectivity index (χ2v) is 6.13. The van der Waals surface area contributed by atoms with Crippen LogP contribution in [0.4, 0.5) is 0 Å². The van der Waals surface area contributed by atoms with Gasteiger partial charge in [-0.2, -0.15) is 0 Å². The number of ether oxygens (including phenoxy) is 2. The third-order valence-electron chi connectivity index (χ3n) is 3.82. The van der Waals surface area contributed by atoms with Crippen molar-refractivity contribution in [3.05, 3.63) is 22.8 Å². The van der Waals surface area contributed by atoms with Gasteiger partial charge in [-0.3, -0.25) is 0 Å². The molecule has 0 aliphatic rings. The number of phenols is 1. The fourth-order valence-electron chi connectivity index (χ4n) is 2.85. The van der Waals surface area contributed by atoms with E-state index in [4.69, 9.17) is 9.47 Å². The smallest absolute Gasteiger partial charge is 0.343 e. The molecule has 0 aromatic heterocycles. The maximum absolute atomic E-state index is 11.6. The minimum Gasteiger partial charge on any atom is -0.502 e. The van der Waals surface area contributed by atoms with Crippen LogP contribution in [0.1, 0.15) is 44.7 Å². The van der Waals surface area contributed by atoms with Gasteiger partial charge in [-0.1, -0.05) is 27.7 Å². The number of aromatic hydroxyl groups is 1. The minimum absolute atomic E-state index is 0.0736. The number of carboxylic acids is 2. The van der Waals surface area contributed by atoms with Gasteiger partial charge < -0.3 is 24.8 Å². The van der Waals surface area contributed by atoms with Gasteiger partial charge in [-0.15, -0.1) is 0 Å². The molecular weight excluding hydrogens is 328 g/mol. The van der Waals surface area contributed by atoms with Crippen molar-refractivity contribution in [3.63, 3.8) is 0 Å². The average molecular weight is 352 g/mol. The third kappa shape index (κ3) is 3.87. The highest BCUT2D eigenvalue weighted by molar-refractivity contribution is 6.19. The number of benzene rings is 1. The van der Waals surface area contributed by atoms with Crippen molar-refractivity contribution in [2.24, 2.45) is 5.92 Å². The molecule has 0 bridgehead atoms. The lowest BCUT2D eigenvalue weighted by molar-refractivity contribution is -0.140. The number of rotatable bonds is 7. The molecule has 1 aromatic carbocycles. The maximum Gasteiger partial charge on any atom is 0.343 e. The first-order chi connectivity index (χ1) is 11.6. The van der Waals surface area contributed by atoms with Crippen LogP contribution in [0.2, 0.25) is 0 Å². The minimum atomic E-state index is -1.53. The van der Waals surface area contributed by atoms with Gasteiger partial charge in [0, 0.05) is 5.56 Å². The summed E-state index contributed by atoms with van der Waals surface area (Å²) < 4.78 is 10.4. The van der Waals surface area contributed by atoms with E-state index in [0.717, 1.165) is 0 Å². The van der Waals surface area contributed by atoms with E-state index in [1.54, 1.807) is 13.8 Å². The van der Waals surface area contributed by atoms with Gasteiger partial charge in [-0.25, -0.2) is 9.59 Å². The summed E-state index contributed by atoms with van der Waals surface area (Å²) in [6.07, 6.45) is 0. The molecule has 3 N–H and O–H groups in total. The van der Waals surface area contributed by atoms with E-state index in [-0.39, 0.29) is 28.7 Å². The summed E-state index contributed by atoms with van der Waals surface area (Å²) >= 11 is 0. The first-order valence-electron chi connectivity index (χ1n) is 7.77. The Balaban J connectivity index is 4.10. The fraction of sp³-hybridized carbons (Fsp3) is 0.444. The Bertz CT molecular complexity index is 699. The Morgan fingerprint density at radius 3 is 1.84 bits per heavy atom. The van der Waals surface area contributed by atoms with Gasteiger partial charge in [0.15, 0.2) is 11.5 Å². The highest BCUT2D eigenvalue weighted by Crippen LogP contribution is 2.47. The number of allylic oxidation sites excluding steroid dienone is 1. The molecule has 0 spiro atoms. The van der Waals surface area contributed by atoms with Crippen molar-refractivity contribution in [3.8, 4) is 17.2 Å². The number of hydrogen-bond donors (Lipinski definition) is 3. The molecule has 0 saturated heterocycles. The zero-order chi connectivity index (χ0) is 19.5. The molecule has 25 heavy (non-hydrogen) atoms. The molecule has 7 nitrogen and oxygen atoms in total. The molecule has 0 heterocycles. The lowest BCUT2D eigenvalue weighted by Gasteiger charge is -2.24. The van der Waals surface area contributed by atoms with Gasteiger partial charge in [0.25, 0.3) is 0 Å². The largest absolute Gasteiger partial charge is 0.502 e. The topological polar surface area (TPSA) is 113 Å². The quantitative estimate of drug-likeness (QED) is 0.392. The van der Waals surface area contributed by atoms with E-state index in [0.29, 0.717) is 11.1 Å². The second kappa shape index (κ2) is 7.92. The summed E-state index contributed by atoms with van der Waals surface area (Å²) in [7, 11) is 2.72. The highest BCUT2D eigenvalue weighted by Gasteiger charge is 2.30. The molecule has 0 amide bonds. The van der Waals surface area contributed by atoms with E-state index in [9.17, 15) is 24.9 Å². The van der Waals surface area contributed by atoms with E-state index < -0.39 is 23.4 Å². The summed E-state index contributed by atoms with van der Waals surface area (Å²) in [5, 5.41) is 29.1. The number of aliphatic carboxylic acids is 2. The Morgan fingerprint density at radius 2 is 1.52 bits per heavy atom. The summed E-state index contributed by atoms with van der Waals surface area (Å²) in [4.78, 5) is 23.1. The van der Waals surface area contributed by atoms with Crippen LogP contribution < -0.4 is 9.47 Å². The molecule has 1 aromatic rings. The molecule has 138 valence electrons. The van der Waals surface area contributed by atoms with E-state index in [1.807, 2.05) is 13.8 Å². The Kier molecular flexibility index (Phi) is 6.44. The lowest BCUT2D eigenvalue weighted by atomic mass is 9.83. The lowest BCUT2D eigenvalue weighted by Crippen LogP contribution is -2.17. The number of carbonyl (C=O) groups is 2. The van der Waals surface area contributed by atoms with Crippen molar-refractivity contribution in [2.75, 3.05) is 14.2 Å². The molecule has 0 saturated carbocycles. The normalized spacial score (nSPS) is 10.7. The van der Waals surface area contributed by atoms with Gasteiger partial charge in [0.1, 0.15) is 5.57 Å². The summed E-state index contributed by atoms with van der Waals surface area (Å²) in [5.41, 5.74) is 0.313. The fourth-order valence-corrected chi connectivity index (χ4v) is 2.85. The van der Waals surface area contributed by atoms with Crippen molar-refractivity contribution < 1.29 is 34.4 Å². The van der Waals surface area contributed by atoms with Crippen LogP contribution in [0.5, 0.6) is 17.2 Å². The summed E-state index contributed by atoms with van der Waals surface area (Å²) in [6, 6.07) is 1.45. The summed E-state index contributed by atoms with van der Waals surface area (Å²) in [6.45, 7) is 7.09. The van der Waals surface area contributed by atoms with E-state index in [1.165, 1.54) is 20.3 Å². The van der Waals surface area contributed by atoms with Gasteiger partial charge in [-0.05, 0) is 29.0 Å². The maximum atomic E-state index is 11.6. The number of methoxy groups -OCH3 is 2. The predicted molar refractivity (Wildman–Crippen MR) is 92.3 cm³/mol. The molecule has 0 fully saturated rings. The number of hydrogen-bond acceptors (Lipinski definition) is 5. The monoisotopic (exact) mass is 352 g/mol. The van der Waals surface area contributed by atoms with Crippen molar-refractivity contribution in [2.45, 2.75) is 33.6 Å². The molecular formula is C18H24O7. The molecule has 0 radical (unpaired) electrons. The summed E-state index contributed by atoms with van der Waals surface area (Å²) in [5.74, 6) is -3.64. The number of carboxylic acid groups (broad SMARTS) is 2. The van der Waals surface area contributed by atoms with Crippen LogP contribution in [0.25, 0.3) is 5.57 Å². The highest BCUT2D eigenvalue weighted by atomic mass is 16.5.